The minimum atomic E-state index is 0.559. The van der Waals surface area contributed by atoms with Crippen molar-refractivity contribution in [1.29, 1.82) is 5.26 Å². The summed E-state index contributed by atoms with van der Waals surface area (Å²) < 4.78 is 0. The maximum atomic E-state index is 8.54. The van der Waals surface area contributed by atoms with Crippen LogP contribution >= 0.6 is 11.8 Å². The van der Waals surface area contributed by atoms with E-state index < -0.39 is 0 Å². The molecule has 0 bridgehead atoms. The Balaban J connectivity index is 2.40. The zero-order chi connectivity index (χ0) is 12.1. The molecule has 1 N–H and O–H groups in total. The smallest absolute Gasteiger partial charge is 0.183 e. The highest BCUT2D eigenvalue weighted by atomic mass is 32.2. The number of nitriles is 1. The lowest BCUT2D eigenvalue weighted by Gasteiger charge is -2.01. The third kappa shape index (κ3) is 2.71. The van der Waals surface area contributed by atoms with E-state index >= 15 is 0 Å². The van der Waals surface area contributed by atoms with E-state index in [0.29, 0.717) is 5.17 Å². The van der Waals surface area contributed by atoms with Crippen LogP contribution in [0.3, 0.4) is 0 Å². The molecule has 0 saturated carbocycles. The van der Waals surface area contributed by atoms with Gasteiger partial charge in [-0.2, -0.15) is 5.26 Å². The second-order valence-electron chi connectivity index (χ2n) is 3.12. The van der Waals surface area contributed by atoms with Crippen LogP contribution in [0.5, 0.6) is 0 Å². The number of amidine groups is 1. The summed E-state index contributed by atoms with van der Waals surface area (Å²) in [4.78, 5) is 12.4. The monoisotopic (exact) mass is 243 g/mol. The standard InChI is InChI=1S/C11H9N5S/c1-17-11(14-6-12)16-9-2-3-10-8(4-9)5-13-7-15-10/h2-5,7H,1H3,(H,14,16). The van der Waals surface area contributed by atoms with E-state index in [2.05, 4.69) is 20.3 Å². The first kappa shape index (κ1) is 11.4. The van der Waals surface area contributed by atoms with Crippen molar-refractivity contribution in [2.24, 2.45) is 4.99 Å². The Morgan fingerprint density at radius 1 is 1.53 bits per heavy atom. The number of hydrogen-bond acceptors (Lipinski definition) is 5. The second-order valence-corrected chi connectivity index (χ2v) is 3.92. The number of aromatic nitrogens is 2. The summed E-state index contributed by atoms with van der Waals surface area (Å²) in [6, 6.07) is 5.61. The molecule has 2 rings (SSSR count). The molecule has 0 aliphatic heterocycles. The van der Waals surface area contributed by atoms with Gasteiger partial charge in [0.15, 0.2) is 11.4 Å². The van der Waals surface area contributed by atoms with Crippen LogP contribution in [-0.2, 0) is 0 Å². The molecule has 0 saturated heterocycles. The van der Waals surface area contributed by atoms with Crippen molar-refractivity contribution in [3.63, 3.8) is 0 Å². The van der Waals surface area contributed by atoms with E-state index in [1.54, 1.807) is 6.20 Å². The van der Waals surface area contributed by atoms with E-state index in [-0.39, 0.29) is 0 Å². The molecule has 0 amide bonds. The topological polar surface area (TPSA) is 74.0 Å². The van der Waals surface area contributed by atoms with E-state index in [4.69, 9.17) is 5.26 Å². The van der Waals surface area contributed by atoms with Gasteiger partial charge in [0, 0.05) is 11.6 Å². The lowest BCUT2D eigenvalue weighted by molar-refractivity contribution is 1.22. The van der Waals surface area contributed by atoms with Gasteiger partial charge >= 0.3 is 0 Å². The van der Waals surface area contributed by atoms with Crippen molar-refractivity contribution in [3.8, 4) is 6.19 Å². The summed E-state index contributed by atoms with van der Waals surface area (Å²) in [5.74, 6) is 0. The Kier molecular flexibility index (Phi) is 3.52. The van der Waals surface area contributed by atoms with Crippen molar-refractivity contribution in [1.82, 2.24) is 15.3 Å². The molecule has 2 aromatic rings. The van der Waals surface area contributed by atoms with E-state index in [9.17, 15) is 0 Å². The molecule has 0 aliphatic carbocycles. The first-order valence-corrected chi connectivity index (χ1v) is 6.03. The van der Waals surface area contributed by atoms with Crippen LogP contribution < -0.4 is 5.32 Å². The minimum Gasteiger partial charge on any atom is -0.271 e. The zero-order valence-electron chi connectivity index (χ0n) is 9.08. The van der Waals surface area contributed by atoms with E-state index in [1.807, 2.05) is 30.6 Å². The number of fused-ring (bicyclic) bond motifs is 1. The van der Waals surface area contributed by atoms with Gasteiger partial charge in [0.2, 0.25) is 0 Å². The average molecular weight is 243 g/mol. The van der Waals surface area contributed by atoms with Crippen LogP contribution in [0.2, 0.25) is 0 Å². The van der Waals surface area contributed by atoms with Crippen molar-refractivity contribution in [2.75, 3.05) is 6.26 Å². The van der Waals surface area contributed by atoms with E-state index in [1.165, 1.54) is 18.1 Å². The van der Waals surface area contributed by atoms with Crippen LogP contribution in [0.1, 0.15) is 0 Å². The number of hydrogen-bond donors (Lipinski definition) is 1. The SMILES string of the molecule is CSC(=Nc1ccc2ncncc2c1)NC#N. The van der Waals surface area contributed by atoms with Crippen LogP contribution in [-0.4, -0.2) is 21.4 Å². The third-order valence-electron chi connectivity index (χ3n) is 2.08. The summed E-state index contributed by atoms with van der Waals surface area (Å²) in [5, 5.41) is 12.5. The molecule has 0 unspecified atom stereocenters. The zero-order valence-corrected chi connectivity index (χ0v) is 9.90. The van der Waals surface area contributed by atoms with Gasteiger partial charge in [-0.25, -0.2) is 15.0 Å². The molecule has 1 aromatic carbocycles. The predicted octanol–water partition coefficient (Wildman–Crippen LogP) is 2.05. The van der Waals surface area contributed by atoms with Gasteiger partial charge < -0.3 is 0 Å². The molecule has 0 radical (unpaired) electrons. The molecule has 84 valence electrons. The number of benzene rings is 1. The summed E-state index contributed by atoms with van der Waals surface area (Å²) in [7, 11) is 0. The van der Waals surface area contributed by atoms with Gasteiger partial charge in [-0.3, -0.25) is 5.32 Å². The number of thioether (sulfide) groups is 1. The van der Waals surface area contributed by atoms with E-state index in [0.717, 1.165) is 16.6 Å². The summed E-state index contributed by atoms with van der Waals surface area (Å²) >= 11 is 1.38. The van der Waals surface area contributed by atoms with Crippen LogP contribution in [0.4, 0.5) is 5.69 Å². The highest BCUT2D eigenvalue weighted by Gasteiger charge is 1.99. The molecule has 6 heteroatoms. The highest BCUT2D eigenvalue weighted by Crippen LogP contribution is 2.19. The fourth-order valence-corrected chi connectivity index (χ4v) is 1.68. The quantitative estimate of drug-likeness (QED) is 0.359. The lowest BCUT2D eigenvalue weighted by Crippen LogP contribution is -2.12. The Morgan fingerprint density at radius 2 is 2.41 bits per heavy atom. The average Bonchev–Trinajstić information content (AvgIpc) is 2.38. The molecular formula is C11H9N5S. The van der Waals surface area contributed by atoms with Crippen LogP contribution in [0, 0.1) is 11.5 Å². The molecule has 0 fully saturated rings. The molecule has 5 nitrogen and oxygen atoms in total. The summed E-state index contributed by atoms with van der Waals surface area (Å²) in [6.07, 6.45) is 6.95. The fraction of sp³-hybridized carbons (Fsp3) is 0.0909. The van der Waals surface area contributed by atoms with Gasteiger partial charge in [0.05, 0.1) is 11.2 Å². The molecule has 1 aromatic heterocycles. The van der Waals surface area contributed by atoms with Gasteiger partial charge in [-0.15, -0.1) is 0 Å². The summed E-state index contributed by atoms with van der Waals surface area (Å²) in [5.41, 5.74) is 1.64. The van der Waals surface area contributed by atoms with Crippen molar-refractivity contribution in [2.45, 2.75) is 0 Å². The van der Waals surface area contributed by atoms with Gasteiger partial charge in [0.1, 0.15) is 6.33 Å². The number of nitrogens with one attached hydrogen (secondary N) is 1. The molecule has 0 atom stereocenters. The predicted molar refractivity (Wildman–Crippen MR) is 68.9 cm³/mol. The van der Waals surface area contributed by atoms with Gasteiger partial charge in [-0.1, -0.05) is 11.8 Å². The molecule has 1 heterocycles. The van der Waals surface area contributed by atoms with Crippen molar-refractivity contribution < 1.29 is 0 Å². The van der Waals surface area contributed by atoms with Gasteiger partial charge in [-0.05, 0) is 24.5 Å². The third-order valence-corrected chi connectivity index (χ3v) is 2.66. The first-order valence-electron chi connectivity index (χ1n) is 4.81. The Hall–Kier alpha value is -2.13. The number of nitrogens with zero attached hydrogens (tertiary/aromatic N) is 4. The normalized spacial score (nSPS) is 11.2. The molecule has 0 aliphatic rings. The number of aliphatic imine (C=N–C) groups is 1. The van der Waals surface area contributed by atoms with Crippen molar-refractivity contribution in [3.05, 3.63) is 30.7 Å². The maximum absolute atomic E-state index is 8.54. The largest absolute Gasteiger partial charge is 0.271 e. The summed E-state index contributed by atoms with van der Waals surface area (Å²) in [6.45, 7) is 0. The number of rotatable bonds is 1. The Morgan fingerprint density at radius 3 is 3.18 bits per heavy atom. The molecular weight excluding hydrogens is 234 g/mol. The van der Waals surface area contributed by atoms with Crippen molar-refractivity contribution >= 4 is 33.5 Å². The minimum absolute atomic E-state index is 0.559. The molecule has 0 spiro atoms. The Labute approximate surface area is 103 Å². The fourth-order valence-electron chi connectivity index (χ4n) is 1.33. The second kappa shape index (κ2) is 5.27. The maximum Gasteiger partial charge on any atom is 0.183 e. The van der Waals surface area contributed by atoms with Crippen LogP contribution in [0.15, 0.2) is 35.7 Å². The first-order chi connectivity index (χ1) is 8.33. The molecule has 17 heavy (non-hydrogen) atoms. The van der Waals surface area contributed by atoms with Crippen LogP contribution in [0.25, 0.3) is 10.9 Å². The Bertz CT molecular complexity index is 602. The van der Waals surface area contributed by atoms with Gasteiger partial charge in [0.25, 0.3) is 0 Å². The lowest BCUT2D eigenvalue weighted by atomic mass is 10.2. The highest BCUT2D eigenvalue weighted by molar-refractivity contribution is 8.13.